The fourth-order valence-electron chi connectivity index (χ4n) is 0.883. The fourth-order valence-corrected chi connectivity index (χ4v) is 0.883. The summed E-state index contributed by atoms with van der Waals surface area (Å²) >= 11 is 0. The van der Waals surface area contributed by atoms with Crippen molar-refractivity contribution in [2.24, 2.45) is 0 Å². The lowest BCUT2D eigenvalue weighted by molar-refractivity contribution is -0.00866. The van der Waals surface area contributed by atoms with Crippen molar-refractivity contribution in [2.75, 3.05) is 27.7 Å². The van der Waals surface area contributed by atoms with Crippen molar-refractivity contribution >= 4 is 0 Å². The van der Waals surface area contributed by atoms with Gasteiger partial charge < -0.3 is 9.64 Å². The second kappa shape index (κ2) is 8.52. The van der Waals surface area contributed by atoms with E-state index in [0.29, 0.717) is 0 Å². The number of ether oxygens (including phenoxy) is 1. The van der Waals surface area contributed by atoms with E-state index in [2.05, 4.69) is 32.8 Å². The highest BCUT2D eigenvalue weighted by atomic mass is 16.5. The van der Waals surface area contributed by atoms with Gasteiger partial charge in [-0.25, -0.2) is 0 Å². The summed E-state index contributed by atoms with van der Waals surface area (Å²) in [4.78, 5) is 2.19. The lowest BCUT2D eigenvalue weighted by Crippen LogP contribution is -2.31. The summed E-state index contributed by atoms with van der Waals surface area (Å²) in [6.45, 7) is 9.42. The van der Waals surface area contributed by atoms with Crippen molar-refractivity contribution in [1.29, 1.82) is 0 Å². The summed E-state index contributed by atoms with van der Waals surface area (Å²) in [7, 11) is 5.97. The van der Waals surface area contributed by atoms with Crippen LogP contribution in [0.25, 0.3) is 0 Å². The van der Waals surface area contributed by atoms with Crippen molar-refractivity contribution < 1.29 is 4.74 Å². The molecule has 0 spiro atoms. The maximum Gasteiger partial charge on any atom is 0.0660 e. The number of hydrogen-bond acceptors (Lipinski definition) is 2. The molecule has 0 fully saturated rings. The zero-order chi connectivity index (χ0) is 10.9. The van der Waals surface area contributed by atoms with Crippen LogP contribution in [0, 0.1) is 0 Å². The molecular weight excluding hydrogens is 162 g/mol. The molecule has 0 aromatic rings. The predicted molar refractivity (Wildman–Crippen MR) is 60.2 cm³/mol. The van der Waals surface area contributed by atoms with Crippen LogP contribution in [0.15, 0.2) is 0 Å². The highest BCUT2D eigenvalue weighted by Gasteiger charge is 2.20. The van der Waals surface area contributed by atoms with E-state index in [9.17, 15) is 0 Å². The minimum Gasteiger partial charge on any atom is -0.378 e. The lowest BCUT2D eigenvalue weighted by Gasteiger charge is -2.27. The molecule has 0 saturated heterocycles. The summed E-state index contributed by atoms with van der Waals surface area (Å²) < 4.78 is 5.41. The zero-order valence-electron chi connectivity index (χ0n) is 10.5. The predicted octanol–water partition coefficient (Wildman–Crippen LogP) is 2.78. The summed E-state index contributed by atoms with van der Waals surface area (Å²) in [6.07, 6.45) is 2.18. The van der Waals surface area contributed by atoms with E-state index < -0.39 is 0 Å². The SMILES string of the molecule is CC.CCC(C)(CCN(C)C)OC. The van der Waals surface area contributed by atoms with Crippen LogP contribution < -0.4 is 0 Å². The molecule has 0 N–H and O–H groups in total. The van der Waals surface area contributed by atoms with E-state index in [0.717, 1.165) is 19.4 Å². The zero-order valence-corrected chi connectivity index (χ0v) is 10.5. The Morgan fingerprint density at radius 3 is 1.92 bits per heavy atom. The third-order valence-corrected chi connectivity index (χ3v) is 2.33. The van der Waals surface area contributed by atoms with Gasteiger partial charge in [0.15, 0.2) is 0 Å². The highest BCUT2D eigenvalue weighted by molar-refractivity contribution is 4.73. The van der Waals surface area contributed by atoms with E-state index in [1.54, 1.807) is 7.11 Å². The summed E-state index contributed by atoms with van der Waals surface area (Å²) in [5.41, 5.74) is 0.0737. The maximum atomic E-state index is 5.41. The van der Waals surface area contributed by atoms with E-state index in [1.165, 1.54) is 0 Å². The highest BCUT2D eigenvalue weighted by Crippen LogP contribution is 2.18. The van der Waals surface area contributed by atoms with Crippen LogP contribution >= 0.6 is 0 Å². The van der Waals surface area contributed by atoms with Crippen LogP contribution in [-0.2, 0) is 4.74 Å². The van der Waals surface area contributed by atoms with Gasteiger partial charge in [-0.05, 0) is 33.9 Å². The Kier molecular flexibility index (Phi) is 10.1. The third-order valence-electron chi connectivity index (χ3n) is 2.33. The number of nitrogens with zero attached hydrogens (tertiary/aromatic N) is 1. The minimum atomic E-state index is 0.0737. The smallest absolute Gasteiger partial charge is 0.0660 e. The van der Waals surface area contributed by atoms with Gasteiger partial charge in [-0.15, -0.1) is 0 Å². The fraction of sp³-hybridized carbons (Fsp3) is 1.00. The molecular formula is C11H27NO. The third kappa shape index (κ3) is 8.26. The van der Waals surface area contributed by atoms with Crippen LogP contribution in [-0.4, -0.2) is 38.3 Å². The molecule has 0 aliphatic heterocycles. The van der Waals surface area contributed by atoms with Gasteiger partial charge >= 0.3 is 0 Å². The molecule has 2 heteroatoms. The molecule has 0 aromatic heterocycles. The first-order chi connectivity index (χ1) is 6.04. The van der Waals surface area contributed by atoms with Gasteiger partial charge in [0.25, 0.3) is 0 Å². The second-order valence-corrected chi connectivity index (χ2v) is 3.56. The molecule has 0 bridgehead atoms. The van der Waals surface area contributed by atoms with Crippen LogP contribution in [0.1, 0.15) is 40.5 Å². The van der Waals surface area contributed by atoms with Gasteiger partial charge in [0.2, 0.25) is 0 Å². The van der Waals surface area contributed by atoms with Crippen molar-refractivity contribution in [2.45, 2.75) is 46.1 Å². The molecule has 0 aromatic carbocycles. The van der Waals surface area contributed by atoms with E-state index in [-0.39, 0.29) is 5.60 Å². The topological polar surface area (TPSA) is 12.5 Å². The Bertz CT molecular complexity index is 98.3. The molecule has 0 radical (unpaired) electrons. The number of hydrogen-bond donors (Lipinski definition) is 0. The van der Waals surface area contributed by atoms with Crippen molar-refractivity contribution in [3.8, 4) is 0 Å². The van der Waals surface area contributed by atoms with Crippen LogP contribution in [0.5, 0.6) is 0 Å². The van der Waals surface area contributed by atoms with Gasteiger partial charge in [-0.3, -0.25) is 0 Å². The molecule has 0 amide bonds. The molecule has 0 aliphatic rings. The Morgan fingerprint density at radius 1 is 1.23 bits per heavy atom. The molecule has 82 valence electrons. The largest absolute Gasteiger partial charge is 0.378 e. The lowest BCUT2D eigenvalue weighted by atomic mass is 9.99. The van der Waals surface area contributed by atoms with Crippen molar-refractivity contribution in [3.63, 3.8) is 0 Å². The Balaban J connectivity index is 0. The van der Waals surface area contributed by atoms with E-state index in [4.69, 9.17) is 4.74 Å². The standard InChI is InChI=1S/C9H21NO.C2H6/c1-6-9(2,11-5)7-8-10(3)4;1-2/h6-8H2,1-5H3;1-2H3. The van der Waals surface area contributed by atoms with E-state index >= 15 is 0 Å². The minimum absolute atomic E-state index is 0.0737. The van der Waals surface area contributed by atoms with Crippen LogP contribution in [0.3, 0.4) is 0 Å². The molecule has 0 saturated carbocycles. The first kappa shape index (κ1) is 15.4. The van der Waals surface area contributed by atoms with Gasteiger partial charge in [0.05, 0.1) is 5.60 Å². The van der Waals surface area contributed by atoms with Crippen molar-refractivity contribution in [1.82, 2.24) is 4.90 Å². The van der Waals surface area contributed by atoms with Gasteiger partial charge in [-0.1, -0.05) is 20.8 Å². The van der Waals surface area contributed by atoms with E-state index in [1.807, 2.05) is 13.8 Å². The number of methoxy groups -OCH3 is 1. The molecule has 1 unspecified atom stereocenters. The monoisotopic (exact) mass is 189 g/mol. The van der Waals surface area contributed by atoms with Gasteiger partial charge in [0.1, 0.15) is 0 Å². The van der Waals surface area contributed by atoms with Gasteiger partial charge in [-0.2, -0.15) is 0 Å². The number of rotatable bonds is 5. The van der Waals surface area contributed by atoms with Crippen LogP contribution in [0.4, 0.5) is 0 Å². The average molecular weight is 189 g/mol. The second-order valence-electron chi connectivity index (χ2n) is 3.56. The maximum absolute atomic E-state index is 5.41. The Labute approximate surface area is 84.3 Å². The Hall–Kier alpha value is -0.0800. The molecule has 0 heterocycles. The molecule has 1 atom stereocenters. The van der Waals surface area contributed by atoms with Crippen molar-refractivity contribution in [3.05, 3.63) is 0 Å². The molecule has 2 nitrogen and oxygen atoms in total. The Morgan fingerprint density at radius 2 is 1.69 bits per heavy atom. The van der Waals surface area contributed by atoms with Crippen LogP contribution in [0.2, 0.25) is 0 Å². The average Bonchev–Trinajstić information content (AvgIpc) is 2.17. The first-order valence-electron chi connectivity index (χ1n) is 5.24. The quantitative estimate of drug-likeness (QED) is 0.659. The van der Waals surface area contributed by atoms with Gasteiger partial charge in [0, 0.05) is 13.7 Å². The summed E-state index contributed by atoms with van der Waals surface area (Å²) in [5.74, 6) is 0. The summed E-state index contributed by atoms with van der Waals surface area (Å²) in [6, 6.07) is 0. The molecule has 0 rings (SSSR count). The molecule has 13 heavy (non-hydrogen) atoms. The summed E-state index contributed by atoms with van der Waals surface area (Å²) in [5, 5.41) is 0. The first-order valence-corrected chi connectivity index (χ1v) is 5.24. The normalized spacial score (nSPS) is 14.8. The molecule has 0 aliphatic carbocycles.